The van der Waals surface area contributed by atoms with Gasteiger partial charge in [0, 0.05) is 18.2 Å². The maximum atomic E-state index is 13.0. The van der Waals surface area contributed by atoms with Crippen LogP contribution in [0.1, 0.15) is 71.3 Å². The summed E-state index contributed by atoms with van der Waals surface area (Å²) in [6.45, 7) is 5.97. The Morgan fingerprint density at radius 1 is 1.08 bits per heavy atom. The van der Waals surface area contributed by atoms with Crippen molar-refractivity contribution in [2.75, 3.05) is 5.32 Å². The number of rotatable bonds is 6. The van der Waals surface area contributed by atoms with Crippen LogP contribution in [-0.2, 0) is 15.0 Å². The van der Waals surface area contributed by atoms with E-state index >= 15 is 0 Å². The Morgan fingerprint density at radius 2 is 1.71 bits per heavy atom. The number of anilines is 1. The van der Waals surface area contributed by atoms with Crippen LogP contribution in [0.3, 0.4) is 0 Å². The van der Waals surface area contributed by atoms with Crippen molar-refractivity contribution < 1.29 is 9.59 Å². The van der Waals surface area contributed by atoms with Gasteiger partial charge in [0.25, 0.3) is 0 Å². The molecule has 0 saturated heterocycles. The fourth-order valence-corrected chi connectivity index (χ4v) is 3.39. The molecule has 1 fully saturated rings. The first-order valence-corrected chi connectivity index (χ1v) is 9.23. The zero-order chi connectivity index (χ0) is 17.6. The van der Waals surface area contributed by atoms with E-state index < -0.39 is 5.41 Å². The van der Waals surface area contributed by atoms with E-state index in [-0.39, 0.29) is 17.9 Å². The smallest absolute Gasteiger partial charge is 0.230 e. The molecule has 4 heteroatoms. The number of nitrogens with one attached hydrogen (secondary N) is 2. The lowest BCUT2D eigenvalue weighted by Crippen LogP contribution is -2.48. The minimum Gasteiger partial charge on any atom is -0.353 e. The number of hydrogen-bond donors (Lipinski definition) is 2. The molecule has 1 aromatic rings. The fourth-order valence-electron chi connectivity index (χ4n) is 3.39. The van der Waals surface area contributed by atoms with Gasteiger partial charge in [0.2, 0.25) is 11.8 Å². The van der Waals surface area contributed by atoms with E-state index in [0.29, 0.717) is 6.42 Å². The molecule has 0 unspecified atom stereocenters. The van der Waals surface area contributed by atoms with Gasteiger partial charge in [0.05, 0.1) is 5.41 Å². The summed E-state index contributed by atoms with van der Waals surface area (Å²) in [6, 6.07) is 8.03. The second kappa shape index (κ2) is 8.32. The van der Waals surface area contributed by atoms with Crippen LogP contribution in [0.25, 0.3) is 0 Å². The van der Waals surface area contributed by atoms with Crippen molar-refractivity contribution in [1.82, 2.24) is 5.32 Å². The summed E-state index contributed by atoms with van der Waals surface area (Å²) in [5, 5.41) is 6.05. The zero-order valence-corrected chi connectivity index (χ0v) is 15.2. The summed E-state index contributed by atoms with van der Waals surface area (Å²) in [6.07, 6.45) is 6.56. The van der Waals surface area contributed by atoms with E-state index in [1.165, 1.54) is 6.42 Å². The van der Waals surface area contributed by atoms with Gasteiger partial charge < -0.3 is 10.6 Å². The lowest BCUT2D eigenvalue weighted by molar-refractivity contribution is -0.128. The molecule has 2 rings (SSSR count). The van der Waals surface area contributed by atoms with Crippen molar-refractivity contribution in [2.45, 2.75) is 77.2 Å². The van der Waals surface area contributed by atoms with E-state index in [1.54, 1.807) is 0 Å². The Balaban J connectivity index is 2.24. The van der Waals surface area contributed by atoms with Crippen molar-refractivity contribution in [3.8, 4) is 0 Å². The van der Waals surface area contributed by atoms with Crippen molar-refractivity contribution in [3.63, 3.8) is 0 Å². The van der Waals surface area contributed by atoms with Gasteiger partial charge >= 0.3 is 0 Å². The second-order valence-electron chi connectivity index (χ2n) is 6.90. The van der Waals surface area contributed by atoms with Crippen molar-refractivity contribution >= 4 is 17.5 Å². The Bertz CT molecular complexity index is 560. The highest BCUT2D eigenvalue weighted by Gasteiger charge is 2.41. The number of amides is 2. The van der Waals surface area contributed by atoms with Crippen LogP contribution in [-0.4, -0.2) is 17.9 Å². The van der Waals surface area contributed by atoms with E-state index in [2.05, 4.69) is 24.5 Å². The summed E-state index contributed by atoms with van der Waals surface area (Å²) in [4.78, 5) is 24.5. The van der Waals surface area contributed by atoms with Crippen molar-refractivity contribution in [1.29, 1.82) is 0 Å². The minimum atomic E-state index is -0.422. The fraction of sp³-hybridized carbons (Fsp3) is 0.600. The first kappa shape index (κ1) is 18.5. The van der Waals surface area contributed by atoms with Gasteiger partial charge in [-0.2, -0.15) is 0 Å². The summed E-state index contributed by atoms with van der Waals surface area (Å²) in [5.74, 6) is 0.159. The number of hydrogen-bond acceptors (Lipinski definition) is 2. The van der Waals surface area contributed by atoms with Crippen LogP contribution >= 0.6 is 0 Å². The van der Waals surface area contributed by atoms with Gasteiger partial charge in [-0.25, -0.2) is 0 Å². The summed E-state index contributed by atoms with van der Waals surface area (Å²) >= 11 is 0. The molecule has 2 N–H and O–H groups in total. The van der Waals surface area contributed by atoms with Gasteiger partial charge in [-0.3, -0.25) is 9.59 Å². The van der Waals surface area contributed by atoms with Gasteiger partial charge in [0.1, 0.15) is 0 Å². The van der Waals surface area contributed by atoms with Gasteiger partial charge in [-0.15, -0.1) is 0 Å². The molecule has 1 aromatic carbocycles. The van der Waals surface area contributed by atoms with E-state index in [4.69, 9.17) is 0 Å². The van der Waals surface area contributed by atoms with Gasteiger partial charge in [-0.05, 0) is 43.9 Å². The molecule has 0 heterocycles. The Hall–Kier alpha value is -1.84. The molecule has 4 nitrogen and oxygen atoms in total. The highest BCUT2D eigenvalue weighted by Crippen LogP contribution is 2.40. The topological polar surface area (TPSA) is 58.2 Å². The SMILES string of the molecule is CCC(=O)Nc1ccc(C2(C(=O)N[C@H](C)CC)CCCCC2)cc1. The Labute approximate surface area is 145 Å². The summed E-state index contributed by atoms with van der Waals surface area (Å²) in [5.41, 5.74) is 1.44. The molecule has 0 radical (unpaired) electrons. The van der Waals surface area contributed by atoms with E-state index in [9.17, 15) is 9.59 Å². The molecule has 0 bridgehead atoms. The molecule has 1 atom stereocenters. The van der Waals surface area contributed by atoms with Crippen molar-refractivity contribution in [2.24, 2.45) is 0 Å². The normalized spacial score (nSPS) is 17.8. The lowest BCUT2D eigenvalue weighted by atomic mass is 9.68. The molecular formula is C20H30N2O2. The minimum absolute atomic E-state index is 0.00430. The van der Waals surface area contributed by atoms with Gasteiger partial charge in [-0.1, -0.05) is 45.2 Å². The van der Waals surface area contributed by atoms with Crippen LogP contribution in [0.5, 0.6) is 0 Å². The largest absolute Gasteiger partial charge is 0.353 e. The molecule has 1 aliphatic rings. The molecule has 0 aromatic heterocycles. The predicted octanol–water partition coefficient (Wildman–Crippen LogP) is 4.15. The first-order valence-electron chi connectivity index (χ1n) is 9.23. The average molecular weight is 330 g/mol. The molecule has 0 spiro atoms. The third kappa shape index (κ3) is 4.16. The quantitative estimate of drug-likeness (QED) is 0.823. The summed E-state index contributed by atoms with van der Waals surface area (Å²) in [7, 11) is 0. The molecule has 132 valence electrons. The third-order valence-corrected chi connectivity index (χ3v) is 5.17. The highest BCUT2D eigenvalue weighted by atomic mass is 16.2. The predicted molar refractivity (Wildman–Crippen MR) is 98.0 cm³/mol. The third-order valence-electron chi connectivity index (χ3n) is 5.17. The highest BCUT2D eigenvalue weighted by molar-refractivity contribution is 5.91. The number of benzene rings is 1. The molecule has 24 heavy (non-hydrogen) atoms. The van der Waals surface area contributed by atoms with E-state index in [0.717, 1.165) is 43.4 Å². The molecule has 1 aliphatic carbocycles. The van der Waals surface area contributed by atoms with Crippen molar-refractivity contribution in [3.05, 3.63) is 29.8 Å². The van der Waals surface area contributed by atoms with Crippen LogP contribution in [0.15, 0.2) is 24.3 Å². The van der Waals surface area contributed by atoms with Gasteiger partial charge in [0.15, 0.2) is 0 Å². The average Bonchev–Trinajstić information content (AvgIpc) is 2.62. The monoisotopic (exact) mass is 330 g/mol. The molecule has 0 aliphatic heterocycles. The Morgan fingerprint density at radius 3 is 2.25 bits per heavy atom. The molecule has 2 amide bonds. The standard InChI is InChI=1S/C20H30N2O2/c1-4-15(3)21-19(24)20(13-7-6-8-14-20)16-9-11-17(12-10-16)22-18(23)5-2/h9-12,15H,4-8,13-14H2,1-3H3,(H,21,24)(H,22,23)/t15-/m1/s1. The van der Waals surface area contributed by atoms with Crippen LogP contribution in [0.2, 0.25) is 0 Å². The maximum Gasteiger partial charge on any atom is 0.230 e. The Kier molecular flexibility index (Phi) is 6.41. The zero-order valence-electron chi connectivity index (χ0n) is 15.2. The number of carbonyl (C=O) groups is 2. The van der Waals surface area contributed by atoms with Crippen LogP contribution < -0.4 is 10.6 Å². The van der Waals surface area contributed by atoms with Crippen LogP contribution in [0.4, 0.5) is 5.69 Å². The maximum absolute atomic E-state index is 13.0. The lowest BCUT2D eigenvalue weighted by Gasteiger charge is -2.37. The molecule has 1 saturated carbocycles. The van der Waals surface area contributed by atoms with E-state index in [1.807, 2.05) is 31.2 Å². The van der Waals surface area contributed by atoms with Crippen LogP contribution in [0, 0.1) is 0 Å². The summed E-state index contributed by atoms with van der Waals surface area (Å²) < 4.78 is 0. The molecular weight excluding hydrogens is 300 g/mol. The second-order valence-corrected chi connectivity index (χ2v) is 6.90. The number of carbonyl (C=O) groups excluding carboxylic acids is 2. The first-order chi connectivity index (χ1) is 11.5.